The quantitative estimate of drug-likeness (QED) is 0.878. The SMILES string of the molecule is O=C(Cc1cccnc1Cl)Nc1ccc(N2CCCC2)cc1. The van der Waals surface area contributed by atoms with Gasteiger partial charge in [0, 0.05) is 30.7 Å². The molecule has 114 valence electrons. The molecule has 22 heavy (non-hydrogen) atoms. The van der Waals surface area contributed by atoms with Crippen molar-refractivity contribution in [3.63, 3.8) is 0 Å². The number of rotatable bonds is 4. The normalized spacial score (nSPS) is 14.1. The molecule has 0 aliphatic carbocycles. The molecule has 1 aliphatic rings. The van der Waals surface area contributed by atoms with Crippen LogP contribution in [0.15, 0.2) is 42.6 Å². The number of hydrogen-bond acceptors (Lipinski definition) is 3. The van der Waals surface area contributed by atoms with Gasteiger partial charge in [-0.05, 0) is 48.7 Å². The van der Waals surface area contributed by atoms with E-state index >= 15 is 0 Å². The molecule has 0 atom stereocenters. The van der Waals surface area contributed by atoms with Crippen LogP contribution in [0.25, 0.3) is 0 Å². The van der Waals surface area contributed by atoms with Crippen LogP contribution in [0.3, 0.4) is 0 Å². The fourth-order valence-corrected chi connectivity index (χ4v) is 2.85. The smallest absolute Gasteiger partial charge is 0.228 e. The summed E-state index contributed by atoms with van der Waals surface area (Å²) in [6.45, 7) is 2.23. The zero-order valence-electron chi connectivity index (χ0n) is 12.3. The second kappa shape index (κ2) is 6.79. The predicted octanol–water partition coefficient (Wildman–Crippen LogP) is 3.52. The minimum absolute atomic E-state index is 0.0937. The van der Waals surface area contributed by atoms with Crippen molar-refractivity contribution in [3.8, 4) is 0 Å². The molecule has 4 nitrogen and oxygen atoms in total. The van der Waals surface area contributed by atoms with Crippen molar-refractivity contribution >= 4 is 28.9 Å². The molecule has 1 fully saturated rings. The highest BCUT2D eigenvalue weighted by atomic mass is 35.5. The molecular formula is C17H18ClN3O. The number of nitrogens with one attached hydrogen (secondary N) is 1. The van der Waals surface area contributed by atoms with Gasteiger partial charge in [0.1, 0.15) is 5.15 Å². The highest BCUT2D eigenvalue weighted by Gasteiger charge is 2.12. The number of amides is 1. The summed E-state index contributed by atoms with van der Waals surface area (Å²) in [6.07, 6.45) is 4.34. The maximum absolute atomic E-state index is 12.1. The third-order valence-corrected chi connectivity index (χ3v) is 4.15. The Labute approximate surface area is 135 Å². The largest absolute Gasteiger partial charge is 0.372 e. The molecule has 0 saturated carbocycles. The van der Waals surface area contributed by atoms with Gasteiger partial charge in [-0.2, -0.15) is 0 Å². The number of benzene rings is 1. The van der Waals surface area contributed by atoms with Gasteiger partial charge in [-0.25, -0.2) is 4.98 Å². The van der Waals surface area contributed by atoms with E-state index < -0.39 is 0 Å². The minimum atomic E-state index is -0.0937. The summed E-state index contributed by atoms with van der Waals surface area (Å²) in [6, 6.07) is 11.6. The molecular weight excluding hydrogens is 298 g/mol. The van der Waals surface area contributed by atoms with Gasteiger partial charge < -0.3 is 10.2 Å². The van der Waals surface area contributed by atoms with Gasteiger partial charge in [0.2, 0.25) is 5.91 Å². The first-order chi connectivity index (χ1) is 10.7. The summed E-state index contributed by atoms with van der Waals surface area (Å²) >= 11 is 5.97. The molecule has 0 radical (unpaired) electrons. The van der Waals surface area contributed by atoms with Crippen LogP contribution in [-0.2, 0) is 11.2 Å². The number of carbonyl (C=O) groups is 1. The van der Waals surface area contributed by atoms with Gasteiger partial charge in [-0.3, -0.25) is 4.79 Å². The molecule has 1 amide bonds. The Morgan fingerprint density at radius 2 is 1.91 bits per heavy atom. The van der Waals surface area contributed by atoms with Crippen molar-refractivity contribution in [3.05, 3.63) is 53.3 Å². The molecule has 0 unspecified atom stereocenters. The molecule has 1 aromatic carbocycles. The first-order valence-electron chi connectivity index (χ1n) is 7.46. The Morgan fingerprint density at radius 1 is 1.18 bits per heavy atom. The van der Waals surface area contributed by atoms with Crippen LogP contribution in [0.4, 0.5) is 11.4 Å². The molecule has 1 aromatic heterocycles. The summed E-state index contributed by atoms with van der Waals surface area (Å²) in [4.78, 5) is 18.4. The van der Waals surface area contributed by atoms with Crippen molar-refractivity contribution in [2.24, 2.45) is 0 Å². The summed E-state index contributed by atoms with van der Waals surface area (Å²) in [7, 11) is 0. The van der Waals surface area contributed by atoms with Crippen LogP contribution in [0.2, 0.25) is 5.15 Å². The number of carbonyl (C=O) groups excluding carboxylic acids is 1. The van der Waals surface area contributed by atoms with Crippen LogP contribution < -0.4 is 10.2 Å². The zero-order valence-corrected chi connectivity index (χ0v) is 13.0. The lowest BCUT2D eigenvalue weighted by atomic mass is 10.2. The van der Waals surface area contributed by atoms with Gasteiger partial charge in [-0.15, -0.1) is 0 Å². The van der Waals surface area contributed by atoms with E-state index in [4.69, 9.17) is 11.6 Å². The molecule has 2 aromatic rings. The highest BCUT2D eigenvalue weighted by Crippen LogP contribution is 2.22. The minimum Gasteiger partial charge on any atom is -0.372 e. The van der Waals surface area contributed by atoms with E-state index in [1.54, 1.807) is 12.3 Å². The van der Waals surface area contributed by atoms with Crippen molar-refractivity contribution < 1.29 is 4.79 Å². The number of halogens is 1. The van der Waals surface area contributed by atoms with Crippen LogP contribution in [-0.4, -0.2) is 24.0 Å². The molecule has 1 N–H and O–H groups in total. The molecule has 0 bridgehead atoms. The Hall–Kier alpha value is -2.07. The molecule has 1 saturated heterocycles. The third-order valence-electron chi connectivity index (χ3n) is 3.81. The van der Waals surface area contributed by atoms with Crippen LogP contribution >= 0.6 is 11.6 Å². The van der Waals surface area contributed by atoms with Crippen molar-refractivity contribution in [1.29, 1.82) is 0 Å². The average Bonchev–Trinajstić information content (AvgIpc) is 3.05. The lowest BCUT2D eigenvalue weighted by Gasteiger charge is -2.17. The topological polar surface area (TPSA) is 45.2 Å². The number of pyridine rings is 1. The van der Waals surface area contributed by atoms with E-state index in [0.29, 0.717) is 5.15 Å². The first kappa shape index (κ1) is 14.9. The van der Waals surface area contributed by atoms with Gasteiger partial charge >= 0.3 is 0 Å². The Bertz CT molecular complexity index is 651. The van der Waals surface area contributed by atoms with E-state index in [-0.39, 0.29) is 12.3 Å². The lowest BCUT2D eigenvalue weighted by molar-refractivity contribution is -0.115. The van der Waals surface area contributed by atoms with E-state index in [2.05, 4.69) is 27.3 Å². The summed E-state index contributed by atoms with van der Waals surface area (Å²) in [5.74, 6) is -0.0937. The second-order valence-corrected chi connectivity index (χ2v) is 5.78. The maximum atomic E-state index is 12.1. The molecule has 5 heteroatoms. The summed E-state index contributed by atoms with van der Waals surface area (Å²) in [5, 5.41) is 3.27. The second-order valence-electron chi connectivity index (χ2n) is 5.42. The fourth-order valence-electron chi connectivity index (χ4n) is 2.66. The number of hydrogen-bond donors (Lipinski definition) is 1. The van der Waals surface area contributed by atoms with Gasteiger partial charge in [0.25, 0.3) is 0 Å². The highest BCUT2D eigenvalue weighted by molar-refractivity contribution is 6.30. The molecule has 2 heterocycles. The van der Waals surface area contributed by atoms with Gasteiger partial charge in [0.05, 0.1) is 6.42 Å². The molecule has 3 rings (SSSR count). The van der Waals surface area contributed by atoms with E-state index in [9.17, 15) is 4.79 Å². The Balaban J connectivity index is 1.60. The monoisotopic (exact) mass is 315 g/mol. The number of nitrogens with zero attached hydrogens (tertiary/aromatic N) is 2. The zero-order chi connectivity index (χ0) is 15.4. The lowest BCUT2D eigenvalue weighted by Crippen LogP contribution is -2.18. The van der Waals surface area contributed by atoms with Crippen LogP contribution in [0, 0.1) is 0 Å². The van der Waals surface area contributed by atoms with Crippen molar-refractivity contribution in [1.82, 2.24) is 4.98 Å². The fraction of sp³-hybridized carbons (Fsp3) is 0.294. The first-order valence-corrected chi connectivity index (χ1v) is 7.84. The standard InChI is InChI=1S/C17H18ClN3O/c18-17-13(4-3-9-19-17)12-16(22)20-14-5-7-15(8-6-14)21-10-1-2-11-21/h3-9H,1-2,10-12H2,(H,20,22). The van der Waals surface area contributed by atoms with Crippen molar-refractivity contribution in [2.45, 2.75) is 19.3 Å². The summed E-state index contributed by atoms with van der Waals surface area (Å²) in [5.41, 5.74) is 2.74. The molecule has 1 aliphatic heterocycles. The number of aromatic nitrogens is 1. The van der Waals surface area contributed by atoms with Crippen LogP contribution in [0.1, 0.15) is 18.4 Å². The predicted molar refractivity (Wildman–Crippen MR) is 89.5 cm³/mol. The Morgan fingerprint density at radius 3 is 2.59 bits per heavy atom. The van der Waals surface area contributed by atoms with E-state index in [1.165, 1.54) is 18.5 Å². The third kappa shape index (κ3) is 3.57. The van der Waals surface area contributed by atoms with Crippen LogP contribution in [0.5, 0.6) is 0 Å². The van der Waals surface area contributed by atoms with Gasteiger partial charge in [-0.1, -0.05) is 17.7 Å². The van der Waals surface area contributed by atoms with Crippen molar-refractivity contribution in [2.75, 3.05) is 23.3 Å². The molecule has 0 spiro atoms. The maximum Gasteiger partial charge on any atom is 0.228 e. The summed E-state index contributed by atoms with van der Waals surface area (Å²) < 4.78 is 0. The van der Waals surface area contributed by atoms with Gasteiger partial charge in [0.15, 0.2) is 0 Å². The Kier molecular flexibility index (Phi) is 4.59. The average molecular weight is 316 g/mol. The number of anilines is 2. The van der Waals surface area contributed by atoms with E-state index in [1.807, 2.05) is 18.2 Å². The van der Waals surface area contributed by atoms with E-state index in [0.717, 1.165) is 24.3 Å².